The van der Waals surface area contributed by atoms with Crippen molar-refractivity contribution < 1.29 is 19.8 Å². The Morgan fingerprint density at radius 3 is 2.10 bits per heavy atom. The van der Waals surface area contributed by atoms with Crippen LogP contribution in [0.1, 0.15) is 12.8 Å². The first-order chi connectivity index (χ1) is 9.63. The van der Waals surface area contributed by atoms with Crippen LogP contribution in [-0.4, -0.2) is 28.6 Å². The molecule has 0 aliphatic carbocycles. The number of allylic oxidation sites excluding steroid dienone is 2. The van der Waals surface area contributed by atoms with Crippen molar-refractivity contribution in [2.75, 3.05) is 6.54 Å². The molecular formula is C14H16N2O4. The Kier molecular flexibility index (Phi) is 11.0. The number of dihydropyridines is 1. The Hall–Kier alpha value is -2.72. The first-order valence-electron chi connectivity index (χ1n) is 5.86. The Balaban J connectivity index is 0.000000274. The summed E-state index contributed by atoms with van der Waals surface area (Å²) in [5, 5.41) is 20.3. The zero-order valence-corrected chi connectivity index (χ0v) is 10.9. The van der Waals surface area contributed by atoms with E-state index in [0.717, 1.165) is 6.54 Å². The van der Waals surface area contributed by atoms with Crippen LogP contribution in [0.5, 0.6) is 0 Å². The Bertz CT molecular complexity index is 377. The molecule has 1 aliphatic rings. The molecule has 0 aromatic carbocycles. The summed E-state index contributed by atoms with van der Waals surface area (Å²) in [6.07, 6.45) is 11.4. The number of hydrogen-bond acceptors (Lipinski definition) is 5. The van der Waals surface area contributed by atoms with Gasteiger partial charge in [-0.25, -0.2) is 0 Å². The van der Waals surface area contributed by atoms with Crippen LogP contribution in [0.4, 0.5) is 0 Å². The molecule has 0 unspecified atom stereocenters. The summed E-state index contributed by atoms with van der Waals surface area (Å²) in [6, 6.07) is 5.72. The molecule has 0 fully saturated rings. The summed E-state index contributed by atoms with van der Waals surface area (Å²) in [6.45, 7) is 0.927. The Morgan fingerprint density at radius 1 is 1.25 bits per heavy atom. The van der Waals surface area contributed by atoms with Crippen molar-refractivity contribution >= 4 is 11.9 Å². The molecule has 1 aliphatic heterocycles. The molecule has 2 rings (SSSR count). The van der Waals surface area contributed by atoms with Gasteiger partial charge < -0.3 is 15.0 Å². The van der Waals surface area contributed by atoms with Crippen LogP contribution < -0.4 is 10.4 Å². The lowest BCUT2D eigenvalue weighted by atomic mass is 10.3. The topological polar surface area (TPSA) is 102 Å². The number of nitrogens with zero attached hydrogens (tertiary/aromatic N) is 1. The van der Waals surface area contributed by atoms with E-state index in [-0.39, 0.29) is 6.42 Å². The second-order valence-corrected chi connectivity index (χ2v) is 3.41. The molecule has 0 bridgehead atoms. The van der Waals surface area contributed by atoms with Gasteiger partial charge in [-0.15, -0.1) is 0 Å². The Morgan fingerprint density at radius 2 is 1.95 bits per heavy atom. The summed E-state index contributed by atoms with van der Waals surface area (Å²) in [7, 11) is 0. The van der Waals surface area contributed by atoms with Gasteiger partial charge in [-0.3, -0.25) is 15.1 Å². The molecule has 0 radical (unpaired) electrons. The van der Waals surface area contributed by atoms with E-state index >= 15 is 0 Å². The quantitative estimate of drug-likeness (QED) is 0.762. The van der Waals surface area contributed by atoms with Gasteiger partial charge in [0.1, 0.15) is 0 Å². The molecule has 0 amide bonds. The van der Waals surface area contributed by atoms with Gasteiger partial charge in [0.25, 0.3) is 0 Å². The van der Waals surface area contributed by atoms with Crippen molar-refractivity contribution in [3.8, 4) is 0 Å². The van der Waals surface area contributed by atoms with E-state index in [4.69, 9.17) is 5.11 Å². The van der Waals surface area contributed by atoms with Gasteiger partial charge in [0, 0.05) is 24.4 Å². The van der Waals surface area contributed by atoms with Gasteiger partial charge in [0.15, 0.2) is 12.3 Å². The number of nitrogens with one attached hydrogen (secondary N) is 1. The van der Waals surface area contributed by atoms with Crippen molar-refractivity contribution in [1.29, 1.82) is 0 Å². The van der Waals surface area contributed by atoms with E-state index in [0.29, 0.717) is 0 Å². The summed E-state index contributed by atoms with van der Waals surface area (Å²) in [4.78, 5) is 22.9. The van der Waals surface area contributed by atoms with Gasteiger partial charge in [0.05, 0.1) is 19.0 Å². The third-order valence-corrected chi connectivity index (χ3v) is 1.75. The van der Waals surface area contributed by atoms with Gasteiger partial charge in [-0.1, -0.05) is 6.07 Å². The minimum atomic E-state index is -1.33. The van der Waals surface area contributed by atoms with Crippen LogP contribution in [0.2, 0.25) is 0 Å². The van der Waals surface area contributed by atoms with Gasteiger partial charge in [-0.2, -0.15) is 0 Å². The molecular weight excluding hydrogens is 260 g/mol. The van der Waals surface area contributed by atoms with Crippen LogP contribution in [0.25, 0.3) is 0 Å². The third-order valence-electron chi connectivity index (χ3n) is 1.75. The van der Waals surface area contributed by atoms with Gasteiger partial charge in [0.2, 0.25) is 0 Å². The van der Waals surface area contributed by atoms with Crippen molar-refractivity contribution in [2.45, 2.75) is 12.8 Å². The lowest BCUT2D eigenvalue weighted by Crippen LogP contribution is -2.22. The van der Waals surface area contributed by atoms with Crippen molar-refractivity contribution in [3.05, 3.63) is 55.0 Å². The summed E-state index contributed by atoms with van der Waals surface area (Å²) < 4.78 is 0. The van der Waals surface area contributed by atoms with Gasteiger partial charge >= 0.3 is 5.97 Å². The molecule has 1 aromatic rings. The number of hydrogen-bond donors (Lipinski definition) is 2. The number of aliphatic carboxylic acids is 2. The molecule has 2 heterocycles. The minimum absolute atomic E-state index is 0.359. The summed E-state index contributed by atoms with van der Waals surface area (Å²) in [5.41, 5.74) is 0. The van der Waals surface area contributed by atoms with Crippen LogP contribution in [0.3, 0.4) is 0 Å². The molecule has 106 valence electrons. The first-order valence-corrected chi connectivity index (χ1v) is 5.86. The van der Waals surface area contributed by atoms with Crippen LogP contribution in [0, 0.1) is 6.20 Å². The van der Waals surface area contributed by atoms with Crippen molar-refractivity contribution in [2.24, 2.45) is 0 Å². The normalized spacial score (nSPS) is 10.6. The van der Waals surface area contributed by atoms with Crippen LogP contribution in [0.15, 0.2) is 48.8 Å². The maximum absolute atomic E-state index is 9.61. The average molecular weight is 276 g/mol. The molecule has 6 heteroatoms. The molecule has 0 saturated carbocycles. The fraction of sp³-hybridized carbons (Fsp3) is 0.214. The van der Waals surface area contributed by atoms with E-state index in [1.165, 1.54) is 0 Å². The fourth-order valence-electron chi connectivity index (χ4n) is 0.883. The number of carboxylic acid groups (broad SMARTS) is 2. The standard InChI is InChI=1S/C5H6N.C5H5N.C4H6O4/c2*1-2-4-6-5-3-1;5-3(6)1-2-4(7)8/h1-3,6H,4H2;1-5H;1-2H2,(H,5,6)(H,7,8)/q+1;;/p-1. The highest BCUT2D eigenvalue weighted by atomic mass is 16.4. The second kappa shape index (κ2) is 12.7. The number of pyridine rings is 1. The van der Waals surface area contributed by atoms with Gasteiger partial charge in [-0.05, 0) is 18.6 Å². The molecule has 2 N–H and O–H groups in total. The highest BCUT2D eigenvalue weighted by molar-refractivity contribution is 5.74. The van der Waals surface area contributed by atoms with E-state index < -0.39 is 18.4 Å². The van der Waals surface area contributed by atoms with Crippen molar-refractivity contribution in [3.63, 3.8) is 0 Å². The number of carboxylic acids is 2. The molecule has 0 spiro atoms. The lowest BCUT2D eigenvalue weighted by molar-refractivity contribution is -0.305. The zero-order chi connectivity index (χ0) is 15.1. The minimum Gasteiger partial charge on any atom is -0.550 e. The number of rotatable bonds is 3. The largest absolute Gasteiger partial charge is 0.550 e. The van der Waals surface area contributed by atoms with E-state index in [2.05, 4.69) is 16.5 Å². The van der Waals surface area contributed by atoms with E-state index in [9.17, 15) is 14.7 Å². The lowest BCUT2D eigenvalue weighted by Gasteiger charge is -1.94. The molecule has 20 heavy (non-hydrogen) atoms. The molecule has 6 nitrogen and oxygen atoms in total. The third kappa shape index (κ3) is 15.3. The number of carbonyl (C=O) groups is 2. The monoisotopic (exact) mass is 276 g/mol. The van der Waals surface area contributed by atoms with Crippen molar-refractivity contribution in [1.82, 2.24) is 10.3 Å². The Labute approximate surface area is 117 Å². The molecule has 0 atom stereocenters. The number of aromatic nitrogens is 1. The summed E-state index contributed by atoms with van der Waals surface area (Å²) >= 11 is 0. The average Bonchev–Trinajstić information content (AvgIpc) is 2.50. The maximum atomic E-state index is 9.61. The molecule has 0 saturated heterocycles. The molecule has 1 aromatic heterocycles. The van der Waals surface area contributed by atoms with Crippen LogP contribution >= 0.6 is 0 Å². The summed E-state index contributed by atoms with van der Waals surface area (Å²) in [5.74, 6) is -2.44. The first kappa shape index (κ1) is 17.3. The predicted molar refractivity (Wildman–Crippen MR) is 71.1 cm³/mol. The fourth-order valence-corrected chi connectivity index (χ4v) is 0.883. The highest BCUT2D eigenvalue weighted by Crippen LogP contribution is 1.83. The maximum Gasteiger partial charge on any atom is 0.303 e. The SMILES string of the molecule is O=C([O-])CCC(=O)O.[C+]1=CC=CCN1.c1ccncc1. The van der Waals surface area contributed by atoms with Crippen LogP contribution in [-0.2, 0) is 9.59 Å². The van der Waals surface area contributed by atoms with E-state index in [1.54, 1.807) is 12.4 Å². The smallest absolute Gasteiger partial charge is 0.303 e. The highest BCUT2D eigenvalue weighted by Gasteiger charge is 1.94. The number of carbonyl (C=O) groups excluding carboxylic acids is 1. The second-order valence-electron chi connectivity index (χ2n) is 3.41. The predicted octanol–water partition coefficient (Wildman–Crippen LogP) is 0.145. The van der Waals surface area contributed by atoms with E-state index in [1.807, 2.05) is 36.4 Å². The zero-order valence-electron chi connectivity index (χ0n) is 10.9.